The molecule has 2 aromatic carbocycles. The second-order valence-electron chi connectivity index (χ2n) is 10.3. The average Bonchev–Trinajstić information content (AvgIpc) is 3.43. The zero-order chi connectivity index (χ0) is 25.3. The van der Waals surface area contributed by atoms with Crippen LogP contribution in [0.15, 0.2) is 48.5 Å². The van der Waals surface area contributed by atoms with E-state index in [2.05, 4.69) is 17.4 Å². The van der Waals surface area contributed by atoms with E-state index in [4.69, 9.17) is 9.47 Å². The van der Waals surface area contributed by atoms with Gasteiger partial charge in [0.25, 0.3) is 0 Å². The van der Waals surface area contributed by atoms with Crippen molar-refractivity contribution in [2.75, 3.05) is 26.9 Å². The van der Waals surface area contributed by atoms with Crippen LogP contribution < -0.4 is 5.32 Å². The largest absolute Gasteiger partial charge is 0.481 e. The lowest BCUT2D eigenvalue weighted by Crippen LogP contribution is -2.57. The number of hydrogen-bond acceptors (Lipinski definition) is 5. The van der Waals surface area contributed by atoms with Crippen molar-refractivity contribution in [1.29, 1.82) is 0 Å². The zero-order valence-electron chi connectivity index (χ0n) is 20.5. The maximum absolute atomic E-state index is 13.4. The number of nitrogens with zero attached hydrogens (tertiary/aromatic N) is 1. The molecule has 1 aliphatic heterocycles. The van der Waals surface area contributed by atoms with Crippen molar-refractivity contribution < 1.29 is 29.0 Å². The molecule has 8 nitrogen and oxygen atoms in total. The number of ether oxygens (including phenoxy) is 2. The number of amides is 2. The number of carboxylic acid groups (broad SMARTS) is 1. The number of carbonyl (C=O) groups excluding carboxylic acids is 2. The van der Waals surface area contributed by atoms with Crippen LogP contribution in [0.25, 0.3) is 11.1 Å². The summed E-state index contributed by atoms with van der Waals surface area (Å²) in [7, 11) is 1.55. The van der Waals surface area contributed by atoms with Crippen molar-refractivity contribution in [1.82, 2.24) is 10.2 Å². The van der Waals surface area contributed by atoms with E-state index in [9.17, 15) is 19.5 Å². The Kier molecular flexibility index (Phi) is 6.85. The summed E-state index contributed by atoms with van der Waals surface area (Å²) in [6.45, 7) is 5.85. The Morgan fingerprint density at radius 3 is 2.17 bits per heavy atom. The van der Waals surface area contributed by atoms with Crippen LogP contribution in [0.2, 0.25) is 0 Å². The molecule has 2 unspecified atom stereocenters. The van der Waals surface area contributed by atoms with Crippen LogP contribution in [0.1, 0.15) is 37.8 Å². The van der Waals surface area contributed by atoms with E-state index in [0.717, 1.165) is 22.3 Å². The van der Waals surface area contributed by atoms with Gasteiger partial charge in [-0.2, -0.15) is 0 Å². The molecule has 0 radical (unpaired) electrons. The monoisotopic (exact) mass is 480 g/mol. The van der Waals surface area contributed by atoms with Crippen LogP contribution in [-0.4, -0.2) is 66.9 Å². The fourth-order valence-electron chi connectivity index (χ4n) is 4.93. The van der Waals surface area contributed by atoms with Crippen LogP contribution >= 0.6 is 0 Å². The summed E-state index contributed by atoms with van der Waals surface area (Å²) in [4.78, 5) is 39.2. The molecule has 2 aromatic rings. The molecule has 0 bridgehead atoms. The Balaban J connectivity index is 1.45. The van der Waals surface area contributed by atoms with Gasteiger partial charge in [-0.25, -0.2) is 4.79 Å². The van der Waals surface area contributed by atoms with Gasteiger partial charge in [0.1, 0.15) is 18.6 Å². The molecule has 2 amide bonds. The molecule has 8 heteroatoms. The van der Waals surface area contributed by atoms with E-state index in [1.807, 2.05) is 57.2 Å². The Morgan fingerprint density at radius 2 is 1.63 bits per heavy atom. The topological polar surface area (TPSA) is 105 Å². The van der Waals surface area contributed by atoms with Gasteiger partial charge in [0.2, 0.25) is 5.91 Å². The molecule has 1 saturated heterocycles. The summed E-state index contributed by atoms with van der Waals surface area (Å²) in [5, 5.41) is 12.2. The second kappa shape index (κ2) is 9.70. The first kappa shape index (κ1) is 24.7. The average molecular weight is 481 g/mol. The minimum absolute atomic E-state index is 0.0532. The molecule has 1 fully saturated rings. The smallest absolute Gasteiger partial charge is 0.407 e. The normalized spacial score (nSPS) is 20.0. The standard InChI is InChI=1S/C27H32N2O6/c1-27(2,3)23(24(30)29(4)22-15-34-13-21(22)25(31)32)28-26(33)35-14-20-18-11-7-5-9-16(18)17-10-6-8-12-19(17)20/h5-12,20-23H,13-15H2,1-4H3,(H,28,33)(H,31,32)/t21?,22?,23-/m0/s1. The molecule has 0 spiro atoms. The minimum Gasteiger partial charge on any atom is -0.481 e. The Bertz CT molecular complexity index is 1080. The molecule has 4 rings (SSSR count). The first-order valence-electron chi connectivity index (χ1n) is 11.8. The molecule has 2 N–H and O–H groups in total. The molecule has 3 atom stereocenters. The summed E-state index contributed by atoms with van der Waals surface area (Å²) < 4.78 is 11.0. The predicted molar refractivity (Wildman–Crippen MR) is 130 cm³/mol. The highest BCUT2D eigenvalue weighted by atomic mass is 16.5. The van der Waals surface area contributed by atoms with Gasteiger partial charge in [-0.15, -0.1) is 0 Å². The third kappa shape index (κ3) is 4.89. The summed E-state index contributed by atoms with van der Waals surface area (Å²) in [6.07, 6.45) is -0.689. The Labute approximate surface area is 205 Å². The van der Waals surface area contributed by atoms with Crippen molar-refractivity contribution in [2.45, 2.75) is 38.8 Å². The van der Waals surface area contributed by atoms with E-state index in [1.165, 1.54) is 4.90 Å². The predicted octanol–water partition coefficient (Wildman–Crippen LogP) is 3.50. The van der Waals surface area contributed by atoms with Gasteiger partial charge in [-0.3, -0.25) is 9.59 Å². The lowest BCUT2D eigenvalue weighted by molar-refractivity contribution is -0.145. The fourth-order valence-corrected chi connectivity index (χ4v) is 4.93. The van der Waals surface area contributed by atoms with E-state index in [-0.39, 0.29) is 31.6 Å². The number of alkyl carbamates (subject to hydrolysis) is 1. The zero-order valence-corrected chi connectivity index (χ0v) is 20.5. The number of likely N-dealkylation sites (N-methyl/N-ethyl adjacent to an activating group) is 1. The first-order valence-corrected chi connectivity index (χ1v) is 11.8. The maximum atomic E-state index is 13.4. The maximum Gasteiger partial charge on any atom is 0.407 e. The summed E-state index contributed by atoms with van der Waals surface area (Å²) in [5.41, 5.74) is 3.84. The Hall–Kier alpha value is -3.39. The molecule has 0 aromatic heterocycles. The van der Waals surface area contributed by atoms with E-state index in [1.54, 1.807) is 7.05 Å². The van der Waals surface area contributed by atoms with Gasteiger partial charge >= 0.3 is 12.1 Å². The minimum atomic E-state index is -1.01. The summed E-state index contributed by atoms with van der Waals surface area (Å²) >= 11 is 0. The van der Waals surface area contributed by atoms with Crippen molar-refractivity contribution in [3.63, 3.8) is 0 Å². The van der Waals surface area contributed by atoms with Crippen LogP contribution in [0.5, 0.6) is 0 Å². The molecule has 0 saturated carbocycles. The lowest BCUT2D eigenvalue weighted by atomic mass is 9.85. The molecule has 1 aliphatic carbocycles. The third-order valence-electron chi connectivity index (χ3n) is 6.93. The van der Waals surface area contributed by atoms with Crippen molar-refractivity contribution in [3.05, 3.63) is 59.7 Å². The van der Waals surface area contributed by atoms with Crippen LogP contribution in [-0.2, 0) is 19.1 Å². The number of hydrogen-bond donors (Lipinski definition) is 2. The van der Waals surface area contributed by atoms with E-state index >= 15 is 0 Å². The van der Waals surface area contributed by atoms with Crippen molar-refractivity contribution in [2.24, 2.45) is 11.3 Å². The second-order valence-corrected chi connectivity index (χ2v) is 10.3. The van der Waals surface area contributed by atoms with Gasteiger partial charge in [-0.05, 0) is 27.7 Å². The molecule has 1 heterocycles. The third-order valence-corrected chi connectivity index (χ3v) is 6.93. The quantitative estimate of drug-likeness (QED) is 0.656. The van der Waals surface area contributed by atoms with Gasteiger partial charge in [0, 0.05) is 13.0 Å². The van der Waals surface area contributed by atoms with Crippen molar-refractivity contribution >= 4 is 18.0 Å². The van der Waals surface area contributed by atoms with Gasteiger partial charge < -0.3 is 24.8 Å². The lowest BCUT2D eigenvalue weighted by Gasteiger charge is -2.36. The number of carboxylic acids is 1. The van der Waals surface area contributed by atoms with Crippen LogP contribution in [0, 0.1) is 11.3 Å². The molecule has 2 aliphatic rings. The number of rotatable bonds is 6. The van der Waals surface area contributed by atoms with Gasteiger partial charge in [0.15, 0.2) is 0 Å². The Morgan fingerprint density at radius 1 is 1.06 bits per heavy atom. The molecular weight excluding hydrogens is 448 g/mol. The van der Waals surface area contributed by atoms with Crippen LogP contribution in [0.3, 0.4) is 0 Å². The highest BCUT2D eigenvalue weighted by Crippen LogP contribution is 2.44. The highest BCUT2D eigenvalue weighted by molar-refractivity contribution is 5.87. The van der Waals surface area contributed by atoms with Gasteiger partial charge in [0.05, 0.1) is 19.3 Å². The van der Waals surface area contributed by atoms with Crippen LogP contribution in [0.4, 0.5) is 4.79 Å². The van der Waals surface area contributed by atoms with E-state index < -0.39 is 35.5 Å². The van der Waals surface area contributed by atoms with Crippen molar-refractivity contribution in [3.8, 4) is 11.1 Å². The first-order chi connectivity index (χ1) is 16.6. The molecule has 35 heavy (non-hydrogen) atoms. The summed E-state index contributed by atoms with van der Waals surface area (Å²) in [5.74, 6) is -2.29. The fraction of sp³-hybridized carbons (Fsp3) is 0.444. The number of fused-ring (bicyclic) bond motifs is 3. The summed E-state index contributed by atoms with van der Waals surface area (Å²) in [6, 6.07) is 14.6. The van der Waals surface area contributed by atoms with Gasteiger partial charge in [-0.1, -0.05) is 69.3 Å². The number of nitrogens with one attached hydrogen (secondary N) is 1. The number of benzene rings is 2. The molecular formula is C27H32N2O6. The SMILES string of the molecule is CN(C(=O)[C@H](NC(=O)OCC1c2ccccc2-c2ccccc21)C(C)(C)C)C1COCC1C(=O)O. The number of carbonyl (C=O) groups is 3. The highest BCUT2D eigenvalue weighted by Gasteiger charge is 2.43. The van der Waals surface area contributed by atoms with E-state index in [0.29, 0.717) is 0 Å². The molecule has 186 valence electrons. The number of aliphatic carboxylic acids is 1.